The van der Waals surface area contributed by atoms with Crippen molar-refractivity contribution in [2.75, 3.05) is 13.1 Å². The molecule has 110 valence electrons. The minimum absolute atomic E-state index is 0.555. The van der Waals surface area contributed by atoms with Crippen LogP contribution in [0.15, 0.2) is 54.6 Å². The monoisotopic (exact) mass is 289 g/mol. The van der Waals surface area contributed by atoms with Gasteiger partial charge in [-0.25, -0.2) is 0 Å². The maximum atomic E-state index is 4.48. The molecular formula is C19H19N3. The maximum Gasteiger partial charge on any atom is 0.0930 e. The predicted octanol–water partition coefficient (Wildman–Crippen LogP) is 3.76. The molecule has 22 heavy (non-hydrogen) atoms. The molecule has 0 amide bonds. The molecule has 0 saturated carbocycles. The molecule has 2 aromatic carbocycles. The summed E-state index contributed by atoms with van der Waals surface area (Å²) in [6.07, 6.45) is 2.31. The quantitative estimate of drug-likeness (QED) is 0.780. The number of piperidine rings is 1. The molecule has 0 radical (unpaired) electrons. The third-order valence-corrected chi connectivity index (χ3v) is 4.49. The molecule has 2 heterocycles. The Balaban J connectivity index is 1.63. The lowest BCUT2D eigenvalue weighted by molar-refractivity contribution is 0.450. The van der Waals surface area contributed by atoms with E-state index in [1.165, 1.54) is 10.8 Å². The normalized spacial score (nSPS) is 16.0. The van der Waals surface area contributed by atoms with Crippen LogP contribution in [0.1, 0.15) is 24.5 Å². The van der Waals surface area contributed by atoms with Gasteiger partial charge < -0.3 is 5.32 Å². The first-order chi connectivity index (χ1) is 10.9. The Morgan fingerprint density at radius 1 is 0.818 bits per heavy atom. The summed E-state index contributed by atoms with van der Waals surface area (Å²) in [5, 5.41) is 14.8. The van der Waals surface area contributed by atoms with Gasteiger partial charge in [-0.1, -0.05) is 36.4 Å². The summed E-state index contributed by atoms with van der Waals surface area (Å²) in [5.41, 5.74) is 3.21. The number of nitrogens with one attached hydrogen (secondary N) is 1. The van der Waals surface area contributed by atoms with Gasteiger partial charge in [-0.3, -0.25) is 0 Å². The molecule has 3 nitrogen and oxygen atoms in total. The Hall–Kier alpha value is -2.26. The van der Waals surface area contributed by atoms with E-state index in [0.29, 0.717) is 5.92 Å². The summed E-state index contributed by atoms with van der Waals surface area (Å²) in [6, 6.07) is 19.1. The Bertz CT molecular complexity index is 774. The largest absolute Gasteiger partial charge is 0.317 e. The zero-order valence-electron chi connectivity index (χ0n) is 12.5. The summed E-state index contributed by atoms with van der Waals surface area (Å²) in [5.74, 6) is 0.555. The number of aromatic nitrogens is 2. The predicted molar refractivity (Wildman–Crippen MR) is 89.8 cm³/mol. The third kappa shape index (κ3) is 2.60. The molecule has 1 aliphatic rings. The molecule has 0 unspecified atom stereocenters. The van der Waals surface area contributed by atoms with Crippen LogP contribution in [-0.4, -0.2) is 23.3 Å². The van der Waals surface area contributed by atoms with Crippen molar-refractivity contribution < 1.29 is 0 Å². The number of fused-ring (bicyclic) bond motifs is 1. The van der Waals surface area contributed by atoms with Crippen molar-refractivity contribution in [3.63, 3.8) is 0 Å². The molecule has 1 aromatic heterocycles. The Morgan fingerprint density at radius 2 is 1.64 bits per heavy atom. The molecule has 1 N–H and O–H groups in total. The van der Waals surface area contributed by atoms with E-state index in [9.17, 15) is 0 Å². The standard InChI is InChI=1S/C19H19N3/c1-2-4-16-13-17(6-5-14(16)3-1)19-8-7-18(21-22-19)15-9-11-20-12-10-15/h1-8,13,15,20H,9-12H2. The van der Waals surface area contributed by atoms with Gasteiger partial charge in [-0.2, -0.15) is 10.2 Å². The number of hydrogen-bond donors (Lipinski definition) is 1. The van der Waals surface area contributed by atoms with E-state index in [2.05, 4.69) is 70.1 Å². The van der Waals surface area contributed by atoms with Crippen molar-refractivity contribution >= 4 is 10.8 Å². The average Bonchev–Trinajstić information content (AvgIpc) is 2.62. The highest BCUT2D eigenvalue weighted by Crippen LogP contribution is 2.26. The van der Waals surface area contributed by atoms with E-state index in [4.69, 9.17) is 0 Å². The van der Waals surface area contributed by atoms with Gasteiger partial charge in [0.05, 0.1) is 11.4 Å². The van der Waals surface area contributed by atoms with Gasteiger partial charge in [0, 0.05) is 11.5 Å². The van der Waals surface area contributed by atoms with Crippen molar-refractivity contribution in [2.24, 2.45) is 0 Å². The second-order valence-corrected chi connectivity index (χ2v) is 5.93. The van der Waals surface area contributed by atoms with Gasteiger partial charge in [0.15, 0.2) is 0 Å². The van der Waals surface area contributed by atoms with Crippen LogP contribution in [0.2, 0.25) is 0 Å². The summed E-state index contributed by atoms with van der Waals surface area (Å²) in [7, 11) is 0. The second kappa shape index (κ2) is 5.85. The zero-order chi connectivity index (χ0) is 14.8. The molecule has 4 rings (SSSR count). The smallest absolute Gasteiger partial charge is 0.0930 e. The maximum absolute atomic E-state index is 4.48. The van der Waals surface area contributed by atoms with Gasteiger partial charge in [0.1, 0.15) is 0 Å². The van der Waals surface area contributed by atoms with Crippen LogP contribution in [0.4, 0.5) is 0 Å². The zero-order valence-corrected chi connectivity index (χ0v) is 12.5. The fourth-order valence-corrected chi connectivity index (χ4v) is 3.18. The summed E-state index contributed by atoms with van der Waals surface area (Å²) in [6.45, 7) is 2.16. The molecule has 1 fully saturated rings. The van der Waals surface area contributed by atoms with Crippen LogP contribution in [0.25, 0.3) is 22.0 Å². The lowest BCUT2D eigenvalue weighted by Gasteiger charge is -2.21. The highest BCUT2D eigenvalue weighted by molar-refractivity contribution is 5.86. The molecule has 0 aliphatic carbocycles. The van der Waals surface area contributed by atoms with Crippen LogP contribution in [0.3, 0.4) is 0 Å². The minimum Gasteiger partial charge on any atom is -0.317 e. The van der Waals surface area contributed by atoms with Crippen LogP contribution in [0, 0.1) is 0 Å². The van der Waals surface area contributed by atoms with Crippen molar-refractivity contribution in [3.05, 3.63) is 60.3 Å². The molecule has 0 spiro atoms. The van der Waals surface area contributed by atoms with Gasteiger partial charge in [-0.05, 0) is 54.9 Å². The van der Waals surface area contributed by atoms with Crippen LogP contribution in [0.5, 0.6) is 0 Å². The van der Waals surface area contributed by atoms with Crippen LogP contribution in [-0.2, 0) is 0 Å². The van der Waals surface area contributed by atoms with E-state index >= 15 is 0 Å². The number of benzene rings is 2. The molecule has 0 atom stereocenters. The van der Waals surface area contributed by atoms with Gasteiger partial charge >= 0.3 is 0 Å². The van der Waals surface area contributed by atoms with Gasteiger partial charge in [-0.15, -0.1) is 0 Å². The topological polar surface area (TPSA) is 37.8 Å². The van der Waals surface area contributed by atoms with E-state index in [1.54, 1.807) is 0 Å². The van der Waals surface area contributed by atoms with Gasteiger partial charge in [0.25, 0.3) is 0 Å². The SMILES string of the molecule is c1ccc2cc(-c3ccc(C4CCNCC4)nn3)ccc2c1. The highest BCUT2D eigenvalue weighted by Gasteiger charge is 2.16. The van der Waals surface area contributed by atoms with Crippen molar-refractivity contribution in [1.82, 2.24) is 15.5 Å². The number of hydrogen-bond acceptors (Lipinski definition) is 3. The van der Waals surface area contributed by atoms with Crippen molar-refractivity contribution in [2.45, 2.75) is 18.8 Å². The average molecular weight is 289 g/mol. The van der Waals surface area contributed by atoms with E-state index in [-0.39, 0.29) is 0 Å². The van der Waals surface area contributed by atoms with Crippen molar-refractivity contribution in [3.8, 4) is 11.3 Å². The minimum atomic E-state index is 0.555. The molecule has 1 saturated heterocycles. The fourth-order valence-electron chi connectivity index (χ4n) is 3.18. The van der Waals surface area contributed by atoms with Gasteiger partial charge in [0.2, 0.25) is 0 Å². The molecule has 1 aliphatic heterocycles. The van der Waals surface area contributed by atoms with E-state index in [1.807, 2.05) is 0 Å². The summed E-state index contributed by atoms with van der Waals surface area (Å²) in [4.78, 5) is 0. The Morgan fingerprint density at radius 3 is 2.41 bits per heavy atom. The number of nitrogens with zero attached hydrogens (tertiary/aromatic N) is 2. The Kier molecular flexibility index (Phi) is 3.57. The molecule has 3 heteroatoms. The van der Waals surface area contributed by atoms with E-state index < -0.39 is 0 Å². The van der Waals surface area contributed by atoms with Crippen LogP contribution < -0.4 is 5.32 Å². The lowest BCUT2D eigenvalue weighted by atomic mass is 9.94. The third-order valence-electron chi connectivity index (χ3n) is 4.49. The van der Waals surface area contributed by atoms with Crippen LogP contribution >= 0.6 is 0 Å². The fraction of sp³-hybridized carbons (Fsp3) is 0.263. The number of rotatable bonds is 2. The first kappa shape index (κ1) is 13.4. The highest BCUT2D eigenvalue weighted by atomic mass is 15.1. The first-order valence-electron chi connectivity index (χ1n) is 7.94. The molecular weight excluding hydrogens is 270 g/mol. The van der Waals surface area contributed by atoms with E-state index in [0.717, 1.165) is 42.9 Å². The lowest BCUT2D eigenvalue weighted by Crippen LogP contribution is -2.27. The first-order valence-corrected chi connectivity index (χ1v) is 7.94. The Labute approximate surface area is 130 Å². The summed E-state index contributed by atoms with van der Waals surface area (Å²) >= 11 is 0. The second-order valence-electron chi connectivity index (χ2n) is 5.93. The summed E-state index contributed by atoms with van der Waals surface area (Å²) < 4.78 is 0. The molecule has 3 aromatic rings. The van der Waals surface area contributed by atoms with Crippen molar-refractivity contribution in [1.29, 1.82) is 0 Å². The molecule has 0 bridgehead atoms.